The normalized spacial score (nSPS) is 10.4. The van der Waals surface area contributed by atoms with Crippen LogP contribution in [-0.2, 0) is 4.74 Å². The molecule has 0 aromatic rings. The van der Waals surface area contributed by atoms with Crippen LogP contribution in [0.25, 0.3) is 0 Å². The van der Waals surface area contributed by atoms with E-state index >= 15 is 0 Å². The first-order valence-corrected chi connectivity index (χ1v) is 4.79. The predicted octanol–water partition coefficient (Wildman–Crippen LogP) is 3.16. The zero-order valence-electron chi connectivity index (χ0n) is 9.02. The van der Waals surface area contributed by atoms with E-state index in [1.807, 2.05) is 0 Å². The van der Waals surface area contributed by atoms with Crippen LogP contribution in [0.4, 0.5) is 0 Å². The quantitative estimate of drug-likeness (QED) is 0.477. The second-order valence-corrected chi connectivity index (χ2v) is 3.94. The van der Waals surface area contributed by atoms with E-state index in [0.717, 1.165) is 25.9 Å². The molecule has 0 unspecified atom stereocenters. The molecular formula is C12H20O. The van der Waals surface area contributed by atoms with Crippen molar-refractivity contribution in [1.82, 2.24) is 0 Å². The standard InChI is InChI=1S/C12H20O/c1-5-6-7-8-9-10-11-13-12(2,3)4/h5H,1,8-11H2,2-4H3. The Morgan fingerprint density at radius 1 is 1.31 bits per heavy atom. The fraction of sp³-hybridized carbons (Fsp3) is 0.667. The lowest BCUT2D eigenvalue weighted by atomic mass is 10.2. The van der Waals surface area contributed by atoms with Gasteiger partial charge in [0.05, 0.1) is 5.60 Å². The second kappa shape index (κ2) is 6.74. The van der Waals surface area contributed by atoms with E-state index in [1.54, 1.807) is 6.08 Å². The number of ether oxygens (including phenoxy) is 1. The molecule has 0 amide bonds. The number of hydrogen-bond acceptors (Lipinski definition) is 1. The Labute approximate surface area is 82.2 Å². The molecule has 0 aromatic carbocycles. The van der Waals surface area contributed by atoms with Gasteiger partial charge in [0.15, 0.2) is 0 Å². The molecule has 13 heavy (non-hydrogen) atoms. The molecule has 0 fully saturated rings. The highest BCUT2D eigenvalue weighted by Gasteiger charge is 2.08. The van der Waals surface area contributed by atoms with Crippen LogP contribution in [-0.4, -0.2) is 12.2 Å². The Hall–Kier alpha value is -0.740. The van der Waals surface area contributed by atoms with E-state index in [0.29, 0.717) is 0 Å². The fourth-order valence-electron chi connectivity index (χ4n) is 0.838. The third-order valence-corrected chi connectivity index (χ3v) is 1.44. The molecule has 0 aromatic heterocycles. The largest absolute Gasteiger partial charge is 0.376 e. The lowest BCUT2D eigenvalue weighted by Crippen LogP contribution is -2.19. The summed E-state index contributed by atoms with van der Waals surface area (Å²) in [6.45, 7) is 10.6. The number of hydrogen-bond donors (Lipinski definition) is 0. The molecule has 0 saturated carbocycles. The van der Waals surface area contributed by atoms with Crippen molar-refractivity contribution in [1.29, 1.82) is 0 Å². The molecular weight excluding hydrogens is 160 g/mol. The first-order chi connectivity index (χ1) is 6.06. The van der Waals surface area contributed by atoms with Crippen LogP contribution in [0.2, 0.25) is 0 Å². The van der Waals surface area contributed by atoms with Crippen molar-refractivity contribution >= 4 is 0 Å². The molecule has 0 saturated heterocycles. The Bertz CT molecular complexity index is 187. The molecule has 0 aliphatic rings. The van der Waals surface area contributed by atoms with Crippen LogP contribution in [0.5, 0.6) is 0 Å². The number of rotatable bonds is 4. The zero-order chi connectivity index (χ0) is 10.2. The van der Waals surface area contributed by atoms with Crippen LogP contribution in [0, 0.1) is 11.8 Å². The van der Waals surface area contributed by atoms with Crippen LogP contribution >= 0.6 is 0 Å². The Morgan fingerprint density at radius 3 is 2.54 bits per heavy atom. The lowest BCUT2D eigenvalue weighted by Gasteiger charge is -2.19. The number of allylic oxidation sites excluding steroid dienone is 1. The van der Waals surface area contributed by atoms with Crippen molar-refractivity contribution in [2.45, 2.75) is 45.6 Å². The van der Waals surface area contributed by atoms with Gasteiger partial charge in [-0.3, -0.25) is 0 Å². The predicted molar refractivity (Wildman–Crippen MR) is 57.5 cm³/mol. The van der Waals surface area contributed by atoms with Gasteiger partial charge in [0.25, 0.3) is 0 Å². The first kappa shape index (κ1) is 12.3. The molecule has 0 heterocycles. The average molecular weight is 180 g/mol. The minimum absolute atomic E-state index is 0.00715. The van der Waals surface area contributed by atoms with Gasteiger partial charge < -0.3 is 4.74 Å². The summed E-state index contributed by atoms with van der Waals surface area (Å²) in [5.74, 6) is 5.84. The van der Waals surface area contributed by atoms with Gasteiger partial charge in [-0.05, 0) is 39.7 Å². The van der Waals surface area contributed by atoms with E-state index in [-0.39, 0.29) is 5.60 Å². The van der Waals surface area contributed by atoms with Gasteiger partial charge in [0.1, 0.15) is 0 Å². The first-order valence-electron chi connectivity index (χ1n) is 4.79. The molecule has 0 atom stereocenters. The maximum Gasteiger partial charge on any atom is 0.0598 e. The molecule has 1 heteroatoms. The van der Waals surface area contributed by atoms with Gasteiger partial charge in [-0.25, -0.2) is 0 Å². The van der Waals surface area contributed by atoms with Gasteiger partial charge in [-0.15, -0.1) is 0 Å². The van der Waals surface area contributed by atoms with Gasteiger partial charge in [0.2, 0.25) is 0 Å². The Balaban J connectivity index is 3.22. The smallest absolute Gasteiger partial charge is 0.0598 e. The van der Waals surface area contributed by atoms with E-state index in [4.69, 9.17) is 4.74 Å². The summed E-state index contributed by atoms with van der Waals surface area (Å²) in [6, 6.07) is 0. The van der Waals surface area contributed by atoms with Crippen LogP contribution in [0.15, 0.2) is 12.7 Å². The summed E-state index contributed by atoms with van der Waals surface area (Å²) in [7, 11) is 0. The monoisotopic (exact) mass is 180 g/mol. The summed E-state index contributed by atoms with van der Waals surface area (Å²) >= 11 is 0. The molecule has 74 valence electrons. The minimum atomic E-state index is -0.00715. The zero-order valence-corrected chi connectivity index (χ0v) is 9.02. The fourth-order valence-corrected chi connectivity index (χ4v) is 0.838. The average Bonchev–Trinajstić information content (AvgIpc) is 2.01. The van der Waals surface area contributed by atoms with Crippen molar-refractivity contribution in [3.63, 3.8) is 0 Å². The van der Waals surface area contributed by atoms with Gasteiger partial charge >= 0.3 is 0 Å². The maximum absolute atomic E-state index is 5.57. The third kappa shape index (κ3) is 11.3. The maximum atomic E-state index is 5.57. The molecule has 0 radical (unpaired) electrons. The lowest BCUT2D eigenvalue weighted by molar-refractivity contribution is -0.00442. The molecule has 0 bridgehead atoms. The highest BCUT2D eigenvalue weighted by molar-refractivity contribution is 5.11. The van der Waals surface area contributed by atoms with Crippen molar-refractivity contribution in [3.05, 3.63) is 12.7 Å². The number of unbranched alkanes of at least 4 members (excludes halogenated alkanes) is 2. The molecule has 0 rings (SSSR count). The topological polar surface area (TPSA) is 9.23 Å². The molecule has 0 N–H and O–H groups in total. The minimum Gasteiger partial charge on any atom is -0.376 e. The summed E-state index contributed by atoms with van der Waals surface area (Å²) < 4.78 is 5.57. The summed E-state index contributed by atoms with van der Waals surface area (Å²) in [5.41, 5.74) is -0.00715. The third-order valence-electron chi connectivity index (χ3n) is 1.44. The Kier molecular flexibility index (Phi) is 6.36. The van der Waals surface area contributed by atoms with Crippen molar-refractivity contribution in [3.8, 4) is 11.8 Å². The van der Waals surface area contributed by atoms with Crippen molar-refractivity contribution < 1.29 is 4.74 Å². The summed E-state index contributed by atoms with van der Waals surface area (Å²) in [5, 5.41) is 0. The Morgan fingerprint density at radius 2 is 2.00 bits per heavy atom. The highest BCUT2D eigenvalue weighted by Crippen LogP contribution is 2.07. The highest BCUT2D eigenvalue weighted by atomic mass is 16.5. The van der Waals surface area contributed by atoms with Crippen LogP contribution < -0.4 is 0 Å². The van der Waals surface area contributed by atoms with Crippen LogP contribution in [0.3, 0.4) is 0 Å². The molecule has 0 aliphatic heterocycles. The van der Waals surface area contributed by atoms with Crippen LogP contribution in [0.1, 0.15) is 40.0 Å². The van der Waals surface area contributed by atoms with Crippen molar-refractivity contribution in [2.75, 3.05) is 6.61 Å². The van der Waals surface area contributed by atoms with E-state index in [1.165, 1.54) is 0 Å². The SMILES string of the molecule is C=CC#CCCCCOC(C)(C)C. The molecule has 1 nitrogen and oxygen atoms in total. The summed E-state index contributed by atoms with van der Waals surface area (Å²) in [4.78, 5) is 0. The second-order valence-electron chi connectivity index (χ2n) is 3.94. The molecule has 0 spiro atoms. The van der Waals surface area contributed by atoms with E-state index in [9.17, 15) is 0 Å². The van der Waals surface area contributed by atoms with E-state index in [2.05, 4.69) is 39.2 Å². The summed E-state index contributed by atoms with van der Waals surface area (Å²) in [6.07, 6.45) is 4.77. The van der Waals surface area contributed by atoms with Gasteiger partial charge in [-0.1, -0.05) is 18.4 Å². The van der Waals surface area contributed by atoms with E-state index < -0.39 is 0 Å². The van der Waals surface area contributed by atoms with Gasteiger partial charge in [0, 0.05) is 13.0 Å². The van der Waals surface area contributed by atoms with Gasteiger partial charge in [-0.2, -0.15) is 0 Å². The molecule has 0 aliphatic carbocycles. The van der Waals surface area contributed by atoms with Crippen molar-refractivity contribution in [2.24, 2.45) is 0 Å².